The Morgan fingerprint density at radius 3 is 2.67 bits per heavy atom. The minimum Gasteiger partial charge on any atom is -0.385 e. The molecule has 0 aliphatic carbocycles. The van der Waals surface area contributed by atoms with Gasteiger partial charge < -0.3 is 9.64 Å². The fraction of sp³-hybridized carbons (Fsp3) is 0.909. The molecule has 0 bridgehead atoms. The molecule has 4 heteroatoms. The van der Waals surface area contributed by atoms with Crippen molar-refractivity contribution < 1.29 is 9.53 Å². The molecular weight excluding hydrogens is 192 g/mol. The number of carbonyl (C=O) groups is 1. The van der Waals surface area contributed by atoms with Crippen molar-refractivity contribution in [2.75, 3.05) is 20.3 Å². The molecule has 0 aromatic carbocycles. The maximum atomic E-state index is 11.9. The predicted molar refractivity (Wildman–Crippen MR) is 59.5 cm³/mol. The number of methoxy groups -OCH3 is 1. The zero-order valence-corrected chi connectivity index (χ0v) is 9.95. The lowest BCUT2D eigenvalue weighted by molar-refractivity contribution is -0.130. The van der Waals surface area contributed by atoms with E-state index in [0.717, 1.165) is 32.4 Å². The van der Waals surface area contributed by atoms with Crippen LogP contribution in [0.1, 0.15) is 33.1 Å². The molecule has 0 spiro atoms. The average Bonchev–Trinajstić information content (AvgIpc) is 2.56. The molecule has 1 N–H and O–H groups in total. The average molecular weight is 214 g/mol. The lowest BCUT2D eigenvalue weighted by atomic mass is 10.2. The van der Waals surface area contributed by atoms with Crippen molar-refractivity contribution >= 4 is 5.91 Å². The van der Waals surface area contributed by atoms with Crippen LogP contribution in [0.2, 0.25) is 0 Å². The standard InChI is InChI=1S/C11H22N2O2/c1-4-9-11(14)13(7-6-8-15-3)10(5-2)12-9/h9-10,12H,4-8H2,1-3H3. The molecule has 2 atom stereocenters. The third-order valence-electron chi connectivity index (χ3n) is 2.89. The Kier molecular flexibility index (Phi) is 5.05. The normalized spacial score (nSPS) is 26.3. The lowest BCUT2D eigenvalue weighted by Crippen LogP contribution is -2.37. The minimum atomic E-state index is 0.0255. The van der Waals surface area contributed by atoms with Crippen molar-refractivity contribution in [2.24, 2.45) is 0 Å². The molecule has 1 aliphatic heterocycles. The number of nitrogens with zero attached hydrogens (tertiary/aromatic N) is 1. The smallest absolute Gasteiger partial charge is 0.241 e. The van der Waals surface area contributed by atoms with Gasteiger partial charge in [0.1, 0.15) is 0 Å². The lowest BCUT2D eigenvalue weighted by Gasteiger charge is -2.22. The van der Waals surface area contributed by atoms with Crippen molar-refractivity contribution in [1.29, 1.82) is 0 Å². The summed E-state index contributed by atoms with van der Waals surface area (Å²) in [5.41, 5.74) is 0. The Morgan fingerprint density at radius 1 is 1.40 bits per heavy atom. The molecule has 1 fully saturated rings. The van der Waals surface area contributed by atoms with Crippen molar-refractivity contribution in [3.05, 3.63) is 0 Å². The molecule has 0 aromatic rings. The van der Waals surface area contributed by atoms with Crippen LogP contribution in [0.15, 0.2) is 0 Å². The summed E-state index contributed by atoms with van der Waals surface area (Å²) < 4.78 is 5.00. The number of carbonyl (C=O) groups excluding carboxylic acids is 1. The number of hydrogen-bond acceptors (Lipinski definition) is 3. The summed E-state index contributed by atoms with van der Waals surface area (Å²) in [5.74, 6) is 0.250. The van der Waals surface area contributed by atoms with Crippen molar-refractivity contribution in [3.8, 4) is 0 Å². The monoisotopic (exact) mass is 214 g/mol. The Bertz CT molecular complexity index is 209. The van der Waals surface area contributed by atoms with Gasteiger partial charge in [0.15, 0.2) is 0 Å². The fourth-order valence-electron chi connectivity index (χ4n) is 2.02. The molecule has 15 heavy (non-hydrogen) atoms. The first kappa shape index (κ1) is 12.5. The van der Waals surface area contributed by atoms with Gasteiger partial charge in [0.2, 0.25) is 5.91 Å². The van der Waals surface area contributed by atoms with Crippen molar-refractivity contribution in [1.82, 2.24) is 10.2 Å². The van der Waals surface area contributed by atoms with Crippen LogP contribution < -0.4 is 5.32 Å². The van der Waals surface area contributed by atoms with Crippen LogP contribution in [0.3, 0.4) is 0 Å². The third kappa shape index (κ3) is 2.92. The summed E-state index contributed by atoms with van der Waals surface area (Å²) >= 11 is 0. The minimum absolute atomic E-state index is 0.0255. The Balaban J connectivity index is 2.48. The summed E-state index contributed by atoms with van der Waals surface area (Å²) in [5, 5.41) is 3.35. The second-order valence-electron chi connectivity index (χ2n) is 3.93. The van der Waals surface area contributed by atoms with Gasteiger partial charge in [-0.05, 0) is 19.3 Å². The molecular formula is C11H22N2O2. The van der Waals surface area contributed by atoms with Gasteiger partial charge in [-0.3, -0.25) is 10.1 Å². The Morgan fingerprint density at radius 2 is 2.13 bits per heavy atom. The summed E-state index contributed by atoms with van der Waals surface area (Å²) in [6.45, 7) is 5.67. The molecule has 88 valence electrons. The first-order valence-corrected chi connectivity index (χ1v) is 5.80. The highest BCUT2D eigenvalue weighted by molar-refractivity contribution is 5.84. The van der Waals surface area contributed by atoms with Crippen LogP contribution >= 0.6 is 0 Å². The van der Waals surface area contributed by atoms with E-state index >= 15 is 0 Å². The van der Waals surface area contributed by atoms with E-state index in [-0.39, 0.29) is 18.1 Å². The van der Waals surface area contributed by atoms with Gasteiger partial charge in [-0.15, -0.1) is 0 Å². The Labute approximate surface area is 92.0 Å². The number of ether oxygens (including phenoxy) is 1. The highest BCUT2D eigenvalue weighted by atomic mass is 16.5. The van der Waals surface area contributed by atoms with Gasteiger partial charge in [0.25, 0.3) is 0 Å². The maximum Gasteiger partial charge on any atom is 0.241 e. The first-order chi connectivity index (χ1) is 7.24. The molecule has 0 aromatic heterocycles. The number of hydrogen-bond donors (Lipinski definition) is 1. The first-order valence-electron chi connectivity index (χ1n) is 5.80. The third-order valence-corrected chi connectivity index (χ3v) is 2.89. The van der Waals surface area contributed by atoms with Crippen LogP contribution in [0.5, 0.6) is 0 Å². The van der Waals surface area contributed by atoms with Gasteiger partial charge >= 0.3 is 0 Å². The molecule has 1 amide bonds. The zero-order chi connectivity index (χ0) is 11.3. The SMILES string of the molecule is CCC1NC(CC)N(CCCOC)C1=O. The maximum absolute atomic E-state index is 11.9. The Hall–Kier alpha value is -0.610. The van der Waals surface area contributed by atoms with Crippen LogP contribution in [-0.4, -0.2) is 43.3 Å². The van der Waals surface area contributed by atoms with Gasteiger partial charge in [0.05, 0.1) is 12.2 Å². The highest BCUT2D eigenvalue weighted by Crippen LogP contribution is 2.15. The highest BCUT2D eigenvalue weighted by Gasteiger charge is 2.35. The summed E-state index contributed by atoms with van der Waals surface area (Å²) in [7, 11) is 1.69. The molecule has 4 nitrogen and oxygen atoms in total. The molecule has 1 aliphatic rings. The van der Waals surface area contributed by atoms with Gasteiger partial charge in [0, 0.05) is 20.3 Å². The van der Waals surface area contributed by atoms with E-state index in [9.17, 15) is 4.79 Å². The quantitative estimate of drug-likeness (QED) is 0.670. The van der Waals surface area contributed by atoms with Gasteiger partial charge in [-0.1, -0.05) is 13.8 Å². The van der Waals surface area contributed by atoms with Crippen LogP contribution in [0.25, 0.3) is 0 Å². The van der Waals surface area contributed by atoms with Gasteiger partial charge in [-0.2, -0.15) is 0 Å². The van der Waals surface area contributed by atoms with Crippen molar-refractivity contribution in [2.45, 2.75) is 45.3 Å². The predicted octanol–water partition coefficient (Wildman–Crippen LogP) is 0.969. The molecule has 1 heterocycles. The largest absolute Gasteiger partial charge is 0.385 e. The zero-order valence-electron chi connectivity index (χ0n) is 9.95. The summed E-state index contributed by atoms with van der Waals surface area (Å²) in [6, 6.07) is 0.0255. The van der Waals surface area contributed by atoms with Crippen LogP contribution in [-0.2, 0) is 9.53 Å². The summed E-state index contributed by atoms with van der Waals surface area (Å²) in [4.78, 5) is 13.9. The van der Waals surface area contributed by atoms with Gasteiger partial charge in [-0.25, -0.2) is 0 Å². The van der Waals surface area contributed by atoms with Crippen LogP contribution in [0.4, 0.5) is 0 Å². The number of amides is 1. The van der Waals surface area contributed by atoms with E-state index < -0.39 is 0 Å². The van der Waals surface area contributed by atoms with E-state index in [1.807, 2.05) is 11.8 Å². The molecule has 0 saturated carbocycles. The van der Waals surface area contributed by atoms with Crippen LogP contribution in [0, 0.1) is 0 Å². The molecule has 1 rings (SSSR count). The topological polar surface area (TPSA) is 41.6 Å². The molecule has 1 saturated heterocycles. The van der Waals surface area contributed by atoms with E-state index in [4.69, 9.17) is 4.74 Å². The fourth-order valence-corrected chi connectivity index (χ4v) is 2.02. The van der Waals surface area contributed by atoms with Crippen molar-refractivity contribution in [3.63, 3.8) is 0 Å². The molecule has 0 radical (unpaired) electrons. The van der Waals surface area contributed by atoms with E-state index in [0.29, 0.717) is 0 Å². The second-order valence-corrected chi connectivity index (χ2v) is 3.93. The number of rotatable bonds is 6. The molecule has 2 unspecified atom stereocenters. The number of nitrogens with one attached hydrogen (secondary N) is 1. The van der Waals surface area contributed by atoms with E-state index in [2.05, 4.69) is 12.2 Å². The summed E-state index contributed by atoms with van der Waals surface area (Å²) in [6.07, 6.45) is 2.97. The second kappa shape index (κ2) is 6.08. The van der Waals surface area contributed by atoms with E-state index in [1.165, 1.54) is 0 Å². The van der Waals surface area contributed by atoms with E-state index in [1.54, 1.807) is 7.11 Å².